The molecular weight excluding hydrogens is 859 g/mol. The van der Waals surface area contributed by atoms with Crippen molar-refractivity contribution in [2.45, 2.75) is 71.6 Å². The summed E-state index contributed by atoms with van der Waals surface area (Å²) in [6.45, 7) is 10.2. The first-order chi connectivity index (χ1) is 32.0. The van der Waals surface area contributed by atoms with Crippen LogP contribution in [0.5, 0.6) is 17.2 Å². The van der Waals surface area contributed by atoms with Gasteiger partial charge >= 0.3 is 0 Å². The molecule has 356 valence electrons. The monoisotopic (exact) mass is 919 g/mol. The van der Waals surface area contributed by atoms with Crippen molar-refractivity contribution in [1.29, 1.82) is 5.26 Å². The zero-order chi connectivity index (χ0) is 48.8. The number of aryl methyl sites for hydroxylation is 1. The van der Waals surface area contributed by atoms with Crippen LogP contribution in [0.1, 0.15) is 67.3 Å². The van der Waals surface area contributed by atoms with E-state index in [4.69, 9.17) is 36.7 Å². The number of hydrogen-bond acceptors (Lipinski definition) is 14. The molecule has 1 aliphatic heterocycles. The molecule has 19 nitrogen and oxygen atoms in total. The number of nitrogens with zero attached hydrogens (tertiary/aromatic N) is 4. The molecular formula is C48H61N11O8. The highest BCUT2D eigenvalue weighted by Gasteiger charge is 2.36. The third-order valence-electron chi connectivity index (χ3n) is 10.6. The Morgan fingerprint density at radius 1 is 0.910 bits per heavy atom. The van der Waals surface area contributed by atoms with Crippen LogP contribution in [0.2, 0.25) is 0 Å². The van der Waals surface area contributed by atoms with E-state index in [9.17, 15) is 24.0 Å². The number of carbonyl (C=O) groups excluding carboxylic acids is 5. The van der Waals surface area contributed by atoms with Gasteiger partial charge in [0.1, 0.15) is 61.2 Å². The number of nitrogens with one attached hydrogen (secondary N) is 4. The van der Waals surface area contributed by atoms with Gasteiger partial charge in [0.25, 0.3) is 5.91 Å². The quantitative estimate of drug-likeness (QED) is 0.0747. The lowest BCUT2D eigenvalue weighted by atomic mass is 9.93. The van der Waals surface area contributed by atoms with Crippen LogP contribution in [0.4, 0.5) is 0 Å². The van der Waals surface area contributed by atoms with E-state index in [1.807, 2.05) is 30.3 Å². The fourth-order valence-corrected chi connectivity index (χ4v) is 7.19. The van der Waals surface area contributed by atoms with Gasteiger partial charge < -0.3 is 57.6 Å². The predicted molar refractivity (Wildman–Crippen MR) is 250 cm³/mol. The topological polar surface area (TPSA) is 292 Å². The van der Waals surface area contributed by atoms with E-state index in [-0.39, 0.29) is 63.2 Å². The van der Waals surface area contributed by atoms with Gasteiger partial charge in [0.15, 0.2) is 5.82 Å². The first kappa shape index (κ1) is 50.9. The van der Waals surface area contributed by atoms with Crippen molar-refractivity contribution in [3.63, 3.8) is 0 Å². The maximum Gasteiger partial charge on any atom is 0.255 e. The van der Waals surface area contributed by atoms with Crippen LogP contribution in [0.25, 0.3) is 22.5 Å². The summed E-state index contributed by atoms with van der Waals surface area (Å²) in [6, 6.07) is 14.3. The van der Waals surface area contributed by atoms with Crippen molar-refractivity contribution in [2.75, 3.05) is 53.0 Å². The summed E-state index contributed by atoms with van der Waals surface area (Å²) < 4.78 is 18.1. The Hall–Kier alpha value is -7.14. The lowest BCUT2D eigenvalue weighted by Crippen LogP contribution is -2.56. The summed E-state index contributed by atoms with van der Waals surface area (Å²) in [5.41, 5.74) is 20.7. The van der Waals surface area contributed by atoms with Crippen molar-refractivity contribution in [3.8, 4) is 45.8 Å². The molecule has 1 aromatic heterocycles. The number of ether oxygens (including phenoxy) is 3. The van der Waals surface area contributed by atoms with Crippen LogP contribution in [0, 0.1) is 23.7 Å². The van der Waals surface area contributed by atoms with E-state index < -0.39 is 53.7 Å². The Kier molecular flexibility index (Phi) is 17.7. The predicted octanol–water partition coefficient (Wildman–Crippen LogP) is 2.05. The Labute approximate surface area is 390 Å². The lowest BCUT2D eigenvalue weighted by Gasteiger charge is -2.32. The Balaban J connectivity index is 1.52. The van der Waals surface area contributed by atoms with E-state index in [1.54, 1.807) is 43.3 Å². The van der Waals surface area contributed by atoms with E-state index in [1.165, 1.54) is 25.1 Å². The van der Waals surface area contributed by atoms with Gasteiger partial charge in [-0.25, -0.2) is 9.97 Å². The number of fused-ring (bicyclic) bond motifs is 5. The van der Waals surface area contributed by atoms with Crippen LogP contribution in [-0.4, -0.2) is 116 Å². The van der Waals surface area contributed by atoms with Gasteiger partial charge in [-0.1, -0.05) is 32.9 Å². The third kappa shape index (κ3) is 13.5. The second-order valence-corrected chi connectivity index (χ2v) is 17.3. The summed E-state index contributed by atoms with van der Waals surface area (Å²) in [7, 11) is 1.41. The molecule has 67 heavy (non-hydrogen) atoms. The van der Waals surface area contributed by atoms with E-state index in [0.29, 0.717) is 63.2 Å². The standard InChI is InChI=1S/C48H61N11O8/c1-28-36(26-54-42(55-28)31-8-11-33(12-9-31)67-27-48(3,4)5)44(61)57-37(15-16-49)47(64)59(6)41-32-10-14-40(66-22-19-52)35(25-32)34-23-30(7-13-39(34)65-21-18-51)24-38(45(62)53-20-17-50)58-43(60)29(2)56-46(41)63/h7-14,23,25-26,29,37-38,41H,15-16,18-22,24,27,49,51-52H2,1-6H3,(H,53,62)(H,56,63)(H,57,61)(H,58,60)/t29-,37?,38-,41-/m0/s1. The maximum atomic E-state index is 14.7. The lowest BCUT2D eigenvalue weighted by molar-refractivity contribution is -0.141. The summed E-state index contributed by atoms with van der Waals surface area (Å²) in [5.74, 6) is -1.56. The Bertz CT molecular complexity index is 2450. The maximum absolute atomic E-state index is 14.7. The van der Waals surface area contributed by atoms with Crippen molar-refractivity contribution in [2.24, 2.45) is 22.6 Å². The SMILES string of the molecule is Cc1nc(-c2ccc(OCC(C)(C)C)cc2)ncc1C(=O)NC(CCN)C(=O)N(C)[C@@H]1C(=O)N[C@@H](C)C(=O)N[C@H](C(=O)NCC#N)Cc2ccc(OCCN)c(c2)-c2cc1ccc2OCCN. The average Bonchev–Trinajstić information content (AvgIpc) is 3.30. The molecule has 0 aliphatic carbocycles. The molecule has 2 heterocycles. The molecule has 4 atom stereocenters. The first-order valence-electron chi connectivity index (χ1n) is 22.0. The molecule has 4 aromatic rings. The van der Waals surface area contributed by atoms with Gasteiger partial charge in [0.05, 0.1) is 23.9 Å². The Morgan fingerprint density at radius 2 is 1.57 bits per heavy atom. The fourth-order valence-electron chi connectivity index (χ4n) is 7.19. The van der Waals surface area contributed by atoms with E-state index in [2.05, 4.69) is 52.0 Å². The number of carbonyl (C=O) groups is 5. The zero-order valence-corrected chi connectivity index (χ0v) is 38.8. The van der Waals surface area contributed by atoms with Gasteiger partial charge in [0, 0.05) is 49.4 Å². The number of nitriles is 1. The highest BCUT2D eigenvalue weighted by molar-refractivity contribution is 6.00. The van der Waals surface area contributed by atoms with Crippen molar-refractivity contribution in [1.82, 2.24) is 36.1 Å². The van der Waals surface area contributed by atoms with Gasteiger partial charge in [-0.3, -0.25) is 24.0 Å². The van der Waals surface area contributed by atoms with Crippen molar-refractivity contribution in [3.05, 3.63) is 89.2 Å². The minimum atomic E-state index is -1.41. The van der Waals surface area contributed by atoms with Crippen molar-refractivity contribution >= 4 is 29.5 Å². The van der Waals surface area contributed by atoms with Gasteiger partial charge in [0.2, 0.25) is 23.6 Å². The van der Waals surface area contributed by atoms with Crippen LogP contribution >= 0.6 is 0 Å². The normalized spacial score (nSPS) is 16.5. The van der Waals surface area contributed by atoms with Gasteiger partial charge in [-0.2, -0.15) is 5.26 Å². The number of amides is 5. The molecule has 1 unspecified atom stereocenters. The first-order valence-corrected chi connectivity index (χ1v) is 22.0. The molecule has 10 N–H and O–H groups in total. The largest absolute Gasteiger partial charge is 0.493 e. The Morgan fingerprint density at radius 3 is 2.18 bits per heavy atom. The highest BCUT2D eigenvalue weighted by Crippen LogP contribution is 2.40. The molecule has 19 heteroatoms. The van der Waals surface area contributed by atoms with Crippen LogP contribution in [0.3, 0.4) is 0 Å². The molecule has 0 saturated heterocycles. The molecule has 5 rings (SSSR count). The smallest absolute Gasteiger partial charge is 0.255 e. The van der Waals surface area contributed by atoms with Gasteiger partial charge in [-0.15, -0.1) is 0 Å². The van der Waals surface area contributed by atoms with Crippen LogP contribution in [-0.2, 0) is 25.6 Å². The van der Waals surface area contributed by atoms with Gasteiger partial charge in [-0.05, 0) is 91.9 Å². The number of aromatic nitrogens is 2. The molecule has 3 aromatic carbocycles. The number of nitrogens with two attached hydrogens (primary N) is 3. The average molecular weight is 920 g/mol. The molecule has 0 spiro atoms. The number of benzene rings is 3. The second-order valence-electron chi connectivity index (χ2n) is 17.3. The molecule has 4 bridgehead atoms. The van der Waals surface area contributed by atoms with Crippen LogP contribution < -0.4 is 52.7 Å². The summed E-state index contributed by atoms with van der Waals surface area (Å²) in [4.78, 5) is 80.4. The number of likely N-dealkylation sites (N-methyl/N-ethyl adjacent to an activating group) is 1. The molecule has 5 amide bonds. The van der Waals surface area contributed by atoms with E-state index in [0.717, 1.165) is 0 Å². The summed E-state index contributed by atoms with van der Waals surface area (Å²) >= 11 is 0. The van der Waals surface area contributed by atoms with Crippen LogP contribution in [0.15, 0.2) is 66.9 Å². The summed E-state index contributed by atoms with van der Waals surface area (Å²) in [6.07, 6.45) is 1.37. The number of hydrogen-bond donors (Lipinski definition) is 7. The highest BCUT2D eigenvalue weighted by atomic mass is 16.5. The zero-order valence-electron chi connectivity index (χ0n) is 38.8. The third-order valence-corrected chi connectivity index (χ3v) is 10.6. The minimum absolute atomic E-state index is 0.00192. The molecule has 0 saturated carbocycles. The summed E-state index contributed by atoms with van der Waals surface area (Å²) in [5, 5.41) is 19.9. The molecule has 1 aliphatic rings. The number of rotatable bonds is 17. The molecule has 0 fully saturated rings. The minimum Gasteiger partial charge on any atom is -0.493 e. The second kappa shape index (κ2) is 23.4. The fraction of sp³-hybridized carbons (Fsp3) is 0.417. The van der Waals surface area contributed by atoms with E-state index >= 15 is 0 Å². The molecule has 0 radical (unpaired) electrons. The van der Waals surface area contributed by atoms with Crippen molar-refractivity contribution < 1.29 is 38.2 Å².